The molecule has 1 rings (SSSR count). The molecule has 0 radical (unpaired) electrons. The Bertz CT molecular complexity index is 494. The zero-order valence-corrected chi connectivity index (χ0v) is 9.55. The van der Waals surface area contributed by atoms with E-state index in [1.165, 1.54) is 13.1 Å². The van der Waals surface area contributed by atoms with Gasteiger partial charge < -0.3 is 0 Å². The fourth-order valence-electron chi connectivity index (χ4n) is 1.06. The first-order valence-corrected chi connectivity index (χ1v) is 6.14. The first-order valence-electron chi connectivity index (χ1n) is 4.25. The summed E-state index contributed by atoms with van der Waals surface area (Å²) in [4.78, 5) is 14.8. The maximum absolute atomic E-state index is 11.0. The molecular weight excluding hydrogens is 216 g/mol. The van der Waals surface area contributed by atoms with Gasteiger partial charge in [-0.15, -0.1) is 0 Å². The highest BCUT2D eigenvalue weighted by molar-refractivity contribution is 7.92. The smallest absolute Gasteiger partial charge is 0.229 e. The quantitative estimate of drug-likeness (QED) is 0.782. The molecule has 0 aliphatic rings. The molecule has 5 nitrogen and oxygen atoms in total. The van der Waals surface area contributed by atoms with Gasteiger partial charge in [0.1, 0.15) is 5.69 Å². The average molecular weight is 228 g/mol. The molecule has 0 atom stereocenters. The lowest BCUT2D eigenvalue weighted by Crippen LogP contribution is -2.11. The molecule has 0 aliphatic carbocycles. The Kier molecular flexibility index (Phi) is 3.09. The molecule has 82 valence electrons. The summed E-state index contributed by atoms with van der Waals surface area (Å²) < 4.78 is 24.2. The van der Waals surface area contributed by atoms with Gasteiger partial charge in [-0.25, -0.2) is 8.42 Å². The molecule has 0 aliphatic heterocycles. The van der Waals surface area contributed by atoms with Crippen molar-refractivity contribution in [1.82, 2.24) is 4.98 Å². The number of carbonyl (C=O) groups excluding carboxylic acids is 1. The lowest BCUT2D eigenvalue weighted by atomic mass is 10.2. The topological polar surface area (TPSA) is 76.1 Å². The van der Waals surface area contributed by atoms with Crippen LogP contribution >= 0.6 is 0 Å². The van der Waals surface area contributed by atoms with Crippen molar-refractivity contribution >= 4 is 21.5 Å². The zero-order valence-electron chi connectivity index (χ0n) is 8.73. The number of nitrogens with zero attached hydrogens (tertiary/aromatic N) is 1. The molecule has 0 saturated heterocycles. The molecule has 0 aromatic carbocycles. The summed E-state index contributed by atoms with van der Waals surface area (Å²) in [6, 6.07) is 1.55. The second kappa shape index (κ2) is 3.98. The van der Waals surface area contributed by atoms with Crippen molar-refractivity contribution in [2.45, 2.75) is 13.8 Å². The number of carbonyl (C=O) groups is 1. The highest BCUT2D eigenvalue weighted by Crippen LogP contribution is 2.15. The Labute approximate surface area is 88.6 Å². The van der Waals surface area contributed by atoms with E-state index in [-0.39, 0.29) is 5.78 Å². The summed E-state index contributed by atoms with van der Waals surface area (Å²) in [5, 5.41) is 0. The number of nitrogens with one attached hydrogen (secondary N) is 1. The molecule has 1 heterocycles. The lowest BCUT2D eigenvalue weighted by Gasteiger charge is -2.07. The van der Waals surface area contributed by atoms with Gasteiger partial charge in [0.05, 0.1) is 18.1 Å². The number of aromatic nitrogens is 1. The first kappa shape index (κ1) is 11.6. The highest BCUT2D eigenvalue weighted by atomic mass is 32.2. The van der Waals surface area contributed by atoms with Crippen molar-refractivity contribution in [3.8, 4) is 0 Å². The number of hydrogen-bond acceptors (Lipinski definition) is 4. The Hall–Kier alpha value is -1.43. The van der Waals surface area contributed by atoms with E-state index in [9.17, 15) is 13.2 Å². The molecule has 1 N–H and O–H groups in total. The molecule has 15 heavy (non-hydrogen) atoms. The molecule has 0 amide bonds. The van der Waals surface area contributed by atoms with E-state index in [2.05, 4.69) is 9.71 Å². The van der Waals surface area contributed by atoms with Gasteiger partial charge in [-0.05, 0) is 18.6 Å². The van der Waals surface area contributed by atoms with Crippen LogP contribution in [0.2, 0.25) is 0 Å². The Balaban J connectivity index is 3.09. The Morgan fingerprint density at radius 1 is 1.47 bits per heavy atom. The van der Waals surface area contributed by atoms with Crippen LogP contribution in [0.4, 0.5) is 5.69 Å². The molecule has 0 unspecified atom stereocenters. The summed E-state index contributed by atoms with van der Waals surface area (Å²) in [6.45, 7) is 3.12. The van der Waals surface area contributed by atoms with Crippen LogP contribution in [0.5, 0.6) is 0 Å². The van der Waals surface area contributed by atoms with E-state index in [0.717, 1.165) is 6.26 Å². The Morgan fingerprint density at radius 2 is 2.07 bits per heavy atom. The van der Waals surface area contributed by atoms with Crippen molar-refractivity contribution in [2.75, 3.05) is 11.0 Å². The number of anilines is 1. The minimum absolute atomic E-state index is 0.149. The van der Waals surface area contributed by atoms with Crippen molar-refractivity contribution < 1.29 is 13.2 Å². The number of rotatable bonds is 3. The van der Waals surface area contributed by atoms with Gasteiger partial charge in [-0.2, -0.15) is 0 Å². The predicted molar refractivity (Wildman–Crippen MR) is 57.4 cm³/mol. The highest BCUT2D eigenvalue weighted by Gasteiger charge is 2.08. The number of ketones is 1. The van der Waals surface area contributed by atoms with E-state index >= 15 is 0 Å². The van der Waals surface area contributed by atoms with Gasteiger partial charge in [0.25, 0.3) is 0 Å². The SMILES string of the molecule is CC(=O)c1cc(C)c(NS(C)(=O)=O)cn1. The summed E-state index contributed by atoms with van der Waals surface area (Å²) in [5.41, 5.74) is 1.38. The average Bonchev–Trinajstić information content (AvgIpc) is 2.05. The van der Waals surface area contributed by atoms with E-state index in [1.807, 2.05) is 0 Å². The van der Waals surface area contributed by atoms with Gasteiger partial charge in [0, 0.05) is 6.92 Å². The van der Waals surface area contributed by atoms with E-state index < -0.39 is 10.0 Å². The number of pyridine rings is 1. The second-order valence-corrected chi connectivity index (χ2v) is 5.06. The van der Waals surface area contributed by atoms with Crippen LogP contribution in [-0.2, 0) is 10.0 Å². The minimum atomic E-state index is -3.31. The van der Waals surface area contributed by atoms with Crippen LogP contribution < -0.4 is 4.72 Å². The van der Waals surface area contributed by atoms with Gasteiger partial charge in [-0.1, -0.05) is 0 Å². The van der Waals surface area contributed by atoms with Crippen LogP contribution in [0.1, 0.15) is 23.0 Å². The van der Waals surface area contributed by atoms with Crippen molar-refractivity contribution in [3.05, 3.63) is 23.5 Å². The fraction of sp³-hybridized carbons (Fsp3) is 0.333. The van der Waals surface area contributed by atoms with Crippen molar-refractivity contribution in [2.24, 2.45) is 0 Å². The summed E-state index contributed by atoms with van der Waals surface area (Å²) >= 11 is 0. The van der Waals surface area contributed by atoms with Crippen LogP contribution in [0.15, 0.2) is 12.3 Å². The molecular formula is C9H12N2O3S. The summed E-state index contributed by atoms with van der Waals surface area (Å²) in [5.74, 6) is -0.149. The summed E-state index contributed by atoms with van der Waals surface area (Å²) in [7, 11) is -3.31. The molecule has 0 saturated carbocycles. The van der Waals surface area contributed by atoms with Crippen molar-refractivity contribution in [1.29, 1.82) is 0 Å². The number of sulfonamides is 1. The Morgan fingerprint density at radius 3 is 2.47 bits per heavy atom. The molecule has 6 heteroatoms. The maximum atomic E-state index is 11.0. The van der Waals surface area contributed by atoms with Crippen LogP contribution in [-0.4, -0.2) is 25.4 Å². The molecule has 0 fully saturated rings. The number of Topliss-reactive ketones (excluding diaryl/α,β-unsaturated/α-hetero) is 1. The van der Waals surface area contributed by atoms with Gasteiger partial charge >= 0.3 is 0 Å². The van der Waals surface area contributed by atoms with Gasteiger partial charge in [0.2, 0.25) is 10.0 Å². The van der Waals surface area contributed by atoms with Gasteiger partial charge in [-0.3, -0.25) is 14.5 Å². The van der Waals surface area contributed by atoms with E-state index in [0.29, 0.717) is 16.9 Å². The second-order valence-electron chi connectivity index (χ2n) is 3.31. The monoisotopic (exact) mass is 228 g/mol. The third-order valence-corrected chi connectivity index (χ3v) is 2.36. The van der Waals surface area contributed by atoms with Crippen LogP contribution in [0.3, 0.4) is 0 Å². The standard InChI is InChI=1S/C9H12N2O3S/c1-6-4-8(7(2)12)10-5-9(6)11-15(3,13)14/h4-5,11H,1-3H3. The zero-order chi connectivity index (χ0) is 11.6. The number of aryl methyl sites for hydroxylation is 1. The maximum Gasteiger partial charge on any atom is 0.229 e. The van der Waals surface area contributed by atoms with E-state index in [4.69, 9.17) is 0 Å². The minimum Gasteiger partial charge on any atom is -0.293 e. The lowest BCUT2D eigenvalue weighted by molar-refractivity contribution is 0.101. The fourth-order valence-corrected chi connectivity index (χ4v) is 1.67. The van der Waals surface area contributed by atoms with Crippen molar-refractivity contribution in [3.63, 3.8) is 0 Å². The van der Waals surface area contributed by atoms with Crippen LogP contribution in [0, 0.1) is 6.92 Å². The van der Waals surface area contributed by atoms with E-state index in [1.54, 1.807) is 13.0 Å². The normalized spacial score (nSPS) is 11.1. The third-order valence-electron chi connectivity index (χ3n) is 1.77. The molecule has 1 aromatic heterocycles. The largest absolute Gasteiger partial charge is 0.293 e. The number of hydrogen-bond donors (Lipinski definition) is 1. The molecule has 0 bridgehead atoms. The van der Waals surface area contributed by atoms with Crippen LogP contribution in [0.25, 0.3) is 0 Å². The first-order chi connectivity index (χ1) is 6.79. The molecule has 0 spiro atoms. The van der Waals surface area contributed by atoms with Gasteiger partial charge in [0.15, 0.2) is 5.78 Å². The third kappa shape index (κ3) is 3.32. The molecule has 1 aromatic rings. The predicted octanol–water partition coefficient (Wildman–Crippen LogP) is 0.964. The summed E-state index contributed by atoms with van der Waals surface area (Å²) in [6.07, 6.45) is 2.40.